The standard InChI is InChI=1S/C21H25NO4/c1-15-24-14-19(23)21(25-15)18-12-20(17-10-6-3-7-11-17)26-22(18)13-16-8-4-2-5-9-16/h2-11,15,18-21,23H,12-14H2,1H3/t15-,18-,19-,20-,21+/m1/s1. The predicted octanol–water partition coefficient (Wildman–Crippen LogP) is 3.06. The van der Waals surface area contributed by atoms with E-state index in [1.165, 1.54) is 5.56 Å². The average molecular weight is 355 g/mol. The van der Waals surface area contributed by atoms with E-state index >= 15 is 0 Å². The monoisotopic (exact) mass is 355 g/mol. The van der Waals surface area contributed by atoms with Crippen LogP contribution in [0.3, 0.4) is 0 Å². The number of aliphatic hydroxyl groups is 1. The lowest BCUT2D eigenvalue weighted by Crippen LogP contribution is -2.52. The lowest BCUT2D eigenvalue weighted by atomic mass is 9.96. The smallest absolute Gasteiger partial charge is 0.155 e. The largest absolute Gasteiger partial charge is 0.388 e. The van der Waals surface area contributed by atoms with Crippen LogP contribution in [0.4, 0.5) is 0 Å². The van der Waals surface area contributed by atoms with Crippen LogP contribution < -0.4 is 0 Å². The van der Waals surface area contributed by atoms with Gasteiger partial charge in [0.1, 0.15) is 18.3 Å². The van der Waals surface area contributed by atoms with Gasteiger partial charge in [-0.3, -0.25) is 4.84 Å². The molecule has 0 bridgehead atoms. The Morgan fingerprint density at radius 1 is 1.04 bits per heavy atom. The van der Waals surface area contributed by atoms with Gasteiger partial charge in [-0.2, -0.15) is 5.06 Å². The summed E-state index contributed by atoms with van der Waals surface area (Å²) in [5.41, 5.74) is 2.31. The molecular weight excluding hydrogens is 330 g/mol. The van der Waals surface area contributed by atoms with Crippen LogP contribution in [-0.4, -0.2) is 41.3 Å². The van der Waals surface area contributed by atoms with Crippen molar-refractivity contribution >= 4 is 0 Å². The molecule has 2 heterocycles. The fraction of sp³-hybridized carbons (Fsp3) is 0.429. The highest BCUT2D eigenvalue weighted by atomic mass is 16.7. The molecule has 2 aromatic rings. The van der Waals surface area contributed by atoms with Crippen molar-refractivity contribution in [1.29, 1.82) is 0 Å². The summed E-state index contributed by atoms with van der Waals surface area (Å²) in [5, 5.41) is 12.4. The summed E-state index contributed by atoms with van der Waals surface area (Å²) in [6.45, 7) is 2.80. The minimum atomic E-state index is -0.660. The Bertz CT molecular complexity index is 696. The molecule has 0 aliphatic carbocycles. The van der Waals surface area contributed by atoms with E-state index in [-0.39, 0.29) is 31.1 Å². The number of benzene rings is 2. The Hall–Kier alpha value is -1.76. The molecule has 2 aliphatic heterocycles. The highest BCUT2D eigenvalue weighted by Crippen LogP contribution is 2.38. The normalized spacial score (nSPS) is 32.6. The maximum Gasteiger partial charge on any atom is 0.155 e. The van der Waals surface area contributed by atoms with E-state index in [0.717, 1.165) is 12.0 Å². The molecule has 0 unspecified atom stereocenters. The van der Waals surface area contributed by atoms with E-state index in [2.05, 4.69) is 24.3 Å². The van der Waals surface area contributed by atoms with Gasteiger partial charge in [-0.05, 0) is 18.1 Å². The number of rotatable bonds is 4. The fourth-order valence-corrected chi connectivity index (χ4v) is 3.73. The first-order valence-corrected chi connectivity index (χ1v) is 9.18. The average Bonchev–Trinajstić information content (AvgIpc) is 3.09. The van der Waals surface area contributed by atoms with Gasteiger partial charge in [0.05, 0.1) is 12.6 Å². The molecule has 5 atom stereocenters. The highest BCUT2D eigenvalue weighted by molar-refractivity contribution is 5.19. The quantitative estimate of drug-likeness (QED) is 0.914. The van der Waals surface area contributed by atoms with Gasteiger partial charge < -0.3 is 14.6 Å². The minimum Gasteiger partial charge on any atom is -0.388 e. The van der Waals surface area contributed by atoms with Crippen LogP contribution >= 0.6 is 0 Å². The number of nitrogens with zero attached hydrogens (tertiary/aromatic N) is 1. The Balaban J connectivity index is 1.57. The molecule has 2 aliphatic rings. The SMILES string of the molecule is C[C@@H]1OC[C@@H](O)[C@H]([C@H]2C[C@H](c3ccccc3)ON2Cc2ccccc2)O1. The third kappa shape index (κ3) is 3.82. The summed E-state index contributed by atoms with van der Waals surface area (Å²) in [6, 6.07) is 20.4. The van der Waals surface area contributed by atoms with E-state index < -0.39 is 6.10 Å². The summed E-state index contributed by atoms with van der Waals surface area (Å²) in [6.07, 6.45) is -0.592. The molecule has 0 aromatic heterocycles. The molecule has 2 aromatic carbocycles. The molecule has 5 heteroatoms. The highest BCUT2D eigenvalue weighted by Gasteiger charge is 2.44. The molecule has 138 valence electrons. The fourth-order valence-electron chi connectivity index (χ4n) is 3.73. The van der Waals surface area contributed by atoms with Crippen molar-refractivity contribution in [3.8, 4) is 0 Å². The second kappa shape index (κ2) is 7.86. The van der Waals surface area contributed by atoms with Crippen molar-refractivity contribution in [3.05, 3.63) is 71.8 Å². The van der Waals surface area contributed by atoms with Crippen LogP contribution in [0.25, 0.3) is 0 Å². The van der Waals surface area contributed by atoms with Gasteiger partial charge in [0.25, 0.3) is 0 Å². The van der Waals surface area contributed by atoms with Crippen molar-refractivity contribution in [2.45, 2.75) is 50.5 Å². The summed E-state index contributed by atoms with van der Waals surface area (Å²) >= 11 is 0. The second-order valence-electron chi connectivity index (χ2n) is 6.94. The zero-order valence-electron chi connectivity index (χ0n) is 14.9. The maximum absolute atomic E-state index is 10.5. The van der Waals surface area contributed by atoms with Crippen molar-refractivity contribution in [2.75, 3.05) is 6.61 Å². The minimum absolute atomic E-state index is 0.0400. The van der Waals surface area contributed by atoms with Crippen molar-refractivity contribution in [3.63, 3.8) is 0 Å². The molecule has 0 radical (unpaired) electrons. The topological polar surface area (TPSA) is 51.2 Å². The van der Waals surface area contributed by atoms with Crippen molar-refractivity contribution in [1.82, 2.24) is 5.06 Å². The van der Waals surface area contributed by atoms with Crippen LogP contribution in [0, 0.1) is 0 Å². The van der Waals surface area contributed by atoms with Crippen molar-refractivity contribution < 1.29 is 19.4 Å². The van der Waals surface area contributed by atoms with E-state index in [1.807, 2.05) is 48.4 Å². The Labute approximate surface area is 154 Å². The molecule has 2 saturated heterocycles. The van der Waals surface area contributed by atoms with Crippen LogP contribution in [0.2, 0.25) is 0 Å². The van der Waals surface area contributed by atoms with Crippen LogP contribution in [0.15, 0.2) is 60.7 Å². The number of ether oxygens (including phenoxy) is 2. The third-order valence-electron chi connectivity index (χ3n) is 5.05. The number of hydrogen-bond donors (Lipinski definition) is 1. The second-order valence-corrected chi connectivity index (χ2v) is 6.94. The van der Waals surface area contributed by atoms with Gasteiger partial charge in [0, 0.05) is 13.0 Å². The zero-order valence-corrected chi connectivity index (χ0v) is 14.9. The van der Waals surface area contributed by atoms with E-state index in [4.69, 9.17) is 14.3 Å². The van der Waals surface area contributed by atoms with E-state index in [0.29, 0.717) is 6.54 Å². The summed E-state index contributed by atoms with van der Waals surface area (Å²) in [5.74, 6) is 0. The van der Waals surface area contributed by atoms with Crippen LogP contribution in [0.1, 0.15) is 30.6 Å². The van der Waals surface area contributed by atoms with Gasteiger partial charge >= 0.3 is 0 Å². The molecule has 1 N–H and O–H groups in total. The van der Waals surface area contributed by atoms with E-state index in [9.17, 15) is 5.11 Å². The number of aliphatic hydroxyl groups excluding tert-OH is 1. The third-order valence-corrected chi connectivity index (χ3v) is 5.05. The van der Waals surface area contributed by atoms with Gasteiger partial charge in [-0.15, -0.1) is 0 Å². The maximum atomic E-state index is 10.5. The molecule has 0 saturated carbocycles. The van der Waals surface area contributed by atoms with Gasteiger partial charge in [0.15, 0.2) is 6.29 Å². The van der Waals surface area contributed by atoms with Crippen LogP contribution in [0.5, 0.6) is 0 Å². The first-order chi connectivity index (χ1) is 12.7. The molecule has 0 amide bonds. The van der Waals surface area contributed by atoms with Gasteiger partial charge in [0.2, 0.25) is 0 Å². The molecule has 0 spiro atoms. The number of hydrogen-bond acceptors (Lipinski definition) is 5. The summed E-state index contributed by atoms with van der Waals surface area (Å²) < 4.78 is 11.4. The first-order valence-electron chi connectivity index (χ1n) is 9.18. The van der Waals surface area contributed by atoms with Gasteiger partial charge in [-0.1, -0.05) is 60.7 Å². The molecule has 5 nitrogen and oxygen atoms in total. The van der Waals surface area contributed by atoms with Gasteiger partial charge in [-0.25, -0.2) is 0 Å². The summed E-state index contributed by atoms with van der Waals surface area (Å²) in [4.78, 5) is 6.30. The Morgan fingerprint density at radius 2 is 1.73 bits per heavy atom. The molecule has 26 heavy (non-hydrogen) atoms. The lowest BCUT2D eigenvalue weighted by molar-refractivity contribution is -0.274. The Kier molecular flexibility index (Phi) is 5.33. The zero-order chi connectivity index (χ0) is 17.9. The first kappa shape index (κ1) is 17.6. The molecular formula is C21H25NO4. The molecule has 2 fully saturated rings. The van der Waals surface area contributed by atoms with E-state index in [1.54, 1.807) is 0 Å². The predicted molar refractivity (Wildman–Crippen MR) is 97.0 cm³/mol. The van der Waals surface area contributed by atoms with Crippen molar-refractivity contribution in [2.24, 2.45) is 0 Å². The number of hydroxylamine groups is 2. The van der Waals surface area contributed by atoms with Crippen LogP contribution in [-0.2, 0) is 20.9 Å². The lowest BCUT2D eigenvalue weighted by Gasteiger charge is -2.38. The summed E-state index contributed by atoms with van der Waals surface area (Å²) in [7, 11) is 0. The Morgan fingerprint density at radius 3 is 2.46 bits per heavy atom. The molecule has 4 rings (SSSR count).